The summed E-state index contributed by atoms with van der Waals surface area (Å²) in [4.78, 5) is 15.3. The van der Waals surface area contributed by atoms with Crippen molar-refractivity contribution in [3.8, 4) is 0 Å². The first-order valence-electron chi connectivity index (χ1n) is 6.42. The van der Waals surface area contributed by atoms with Gasteiger partial charge in [-0.1, -0.05) is 26.0 Å². The molecule has 0 spiro atoms. The van der Waals surface area contributed by atoms with Crippen LogP contribution in [0.5, 0.6) is 0 Å². The highest BCUT2D eigenvalue weighted by Gasteiger charge is 2.24. The number of nitrogens with zero attached hydrogens (tertiary/aromatic N) is 1. The summed E-state index contributed by atoms with van der Waals surface area (Å²) in [5.41, 5.74) is 1.57. The number of aliphatic carboxylic acids is 1. The smallest absolute Gasteiger partial charge is 0.304 e. The standard InChI is InChI=1S/C15H19NO3/c1-10-9-19-14(16-10)11-4-6-12(7-5-11)15(2,3)8-13(17)18/h4-7,10H,8-9H2,1-3H3,(H,17,18). The van der Waals surface area contributed by atoms with Gasteiger partial charge in [0, 0.05) is 11.0 Å². The third-order valence-electron chi connectivity index (χ3n) is 3.31. The van der Waals surface area contributed by atoms with E-state index >= 15 is 0 Å². The lowest BCUT2D eigenvalue weighted by Gasteiger charge is -2.23. The second-order valence-electron chi connectivity index (χ2n) is 5.63. The Morgan fingerprint density at radius 3 is 2.53 bits per heavy atom. The van der Waals surface area contributed by atoms with Crippen LogP contribution in [0.4, 0.5) is 0 Å². The van der Waals surface area contributed by atoms with Crippen molar-refractivity contribution >= 4 is 11.9 Å². The predicted octanol–water partition coefficient (Wildman–Crippen LogP) is 2.60. The van der Waals surface area contributed by atoms with E-state index in [-0.39, 0.29) is 17.9 Å². The van der Waals surface area contributed by atoms with E-state index < -0.39 is 5.97 Å². The van der Waals surface area contributed by atoms with E-state index in [0.29, 0.717) is 12.5 Å². The van der Waals surface area contributed by atoms with Crippen molar-refractivity contribution in [2.24, 2.45) is 4.99 Å². The molecule has 0 aliphatic carbocycles. The molecule has 1 unspecified atom stereocenters. The number of carboxylic acid groups (broad SMARTS) is 1. The van der Waals surface area contributed by atoms with Crippen molar-refractivity contribution in [1.82, 2.24) is 0 Å². The van der Waals surface area contributed by atoms with Gasteiger partial charge in [-0.2, -0.15) is 0 Å². The first kappa shape index (κ1) is 13.6. The summed E-state index contributed by atoms with van der Waals surface area (Å²) < 4.78 is 5.50. The molecular formula is C15H19NO3. The maximum atomic E-state index is 10.9. The largest absolute Gasteiger partial charge is 0.481 e. The van der Waals surface area contributed by atoms with Gasteiger partial charge in [-0.05, 0) is 24.6 Å². The molecule has 1 aromatic rings. The molecule has 4 heteroatoms. The number of aliphatic imine (C=N–C) groups is 1. The Kier molecular flexibility index (Phi) is 3.60. The molecule has 0 radical (unpaired) electrons. The van der Waals surface area contributed by atoms with Gasteiger partial charge in [-0.25, -0.2) is 4.99 Å². The van der Waals surface area contributed by atoms with Crippen molar-refractivity contribution in [1.29, 1.82) is 0 Å². The third kappa shape index (κ3) is 3.13. The van der Waals surface area contributed by atoms with Crippen LogP contribution in [0.3, 0.4) is 0 Å². The van der Waals surface area contributed by atoms with Gasteiger partial charge >= 0.3 is 5.97 Å². The van der Waals surface area contributed by atoms with Crippen molar-refractivity contribution < 1.29 is 14.6 Å². The summed E-state index contributed by atoms with van der Waals surface area (Å²) in [5.74, 6) is -0.110. The van der Waals surface area contributed by atoms with Gasteiger partial charge < -0.3 is 9.84 Å². The maximum absolute atomic E-state index is 10.9. The Morgan fingerprint density at radius 1 is 1.42 bits per heavy atom. The summed E-state index contributed by atoms with van der Waals surface area (Å²) >= 11 is 0. The van der Waals surface area contributed by atoms with Crippen LogP contribution in [0.25, 0.3) is 0 Å². The molecule has 4 nitrogen and oxygen atoms in total. The molecule has 0 saturated carbocycles. The normalized spacial score (nSPS) is 18.9. The van der Waals surface area contributed by atoms with Crippen LogP contribution in [-0.4, -0.2) is 29.6 Å². The summed E-state index contributed by atoms with van der Waals surface area (Å²) in [6.07, 6.45) is 0.112. The first-order chi connectivity index (χ1) is 8.88. The number of benzene rings is 1. The summed E-state index contributed by atoms with van der Waals surface area (Å²) in [7, 11) is 0. The summed E-state index contributed by atoms with van der Waals surface area (Å²) in [6.45, 7) is 6.50. The Morgan fingerprint density at radius 2 is 2.05 bits per heavy atom. The second kappa shape index (κ2) is 5.03. The van der Waals surface area contributed by atoms with Gasteiger partial charge in [0.1, 0.15) is 6.61 Å². The average Bonchev–Trinajstić information content (AvgIpc) is 2.74. The van der Waals surface area contributed by atoms with E-state index in [0.717, 1.165) is 11.1 Å². The third-order valence-corrected chi connectivity index (χ3v) is 3.31. The highest BCUT2D eigenvalue weighted by molar-refractivity contribution is 5.95. The molecule has 0 bridgehead atoms. The van der Waals surface area contributed by atoms with E-state index in [4.69, 9.17) is 9.84 Å². The van der Waals surface area contributed by atoms with Gasteiger partial charge in [0.05, 0.1) is 12.5 Å². The quantitative estimate of drug-likeness (QED) is 0.906. The fourth-order valence-corrected chi connectivity index (χ4v) is 2.18. The van der Waals surface area contributed by atoms with Crippen LogP contribution in [0.15, 0.2) is 29.3 Å². The Bertz CT molecular complexity index is 503. The monoisotopic (exact) mass is 261 g/mol. The van der Waals surface area contributed by atoms with Crippen molar-refractivity contribution in [2.75, 3.05) is 6.61 Å². The van der Waals surface area contributed by atoms with Crippen LogP contribution < -0.4 is 0 Å². The topological polar surface area (TPSA) is 58.9 Å². The minimum atomic E-state index is -0.786. The van der Waals surface area contributed by atoms with E-state index in [2.05, 4.69) is 4.99 Å². The lowest BCUT2D eigenvalue weighted by Crippen LogP contribution is -2.21. The fourth-order valence-electron chi connectivity index (χ4n) is 2.18. The maximum Gasteiger partial charge on any atom is 0.304 e. The predicted molar refractivity (Wildman–Crippen MR) is 73.7 cm³/mol. The molecule has 102 valence electrons. The fraction of sp³-hybridized carbons (Fsp3) is 0.467. The zero-order valence-corrected chi connectivity index (χ0v) is 11.5. The van der Waals surface area contributed by atoms with Crippen molar-refractivity contribution in [3.63, 3.8) is 0 Å². The average molecular weight is 261 g/mol. The molecule has 0 fully saturated rings. The second-order valence-corrected chi connectivity index (χ2v) is 5.63. The van der Waals surface area contributed by atoms with Crippen molar-refractivity contribution in [3.05, 3.63) is 35.4 Å². The molecule has 0 aromatic heterocycles. The van der Waals surface area contributed by atoms with Crippen LogP contribution in [0.2, 0.25) is 0 Å². The summed E-state index contributed by atoms with van der Waals surface area (Å²) in [6, 6.07) is 7.99. The zero-order valence-electron chi connectivity index (χ0n) is 11.5. The highest BCUT2D eigenvalue weighted by atomic mass is 16.5. The minimum absolute atomic E-state index is 0.112. The SMILES string of the molecule is CC1COC(c2ccc(C(C)(C)CC(=O)O)cc2)=N1. The van der Waals surface area contributed by atoms with Gasteiger partial charge in [-0.15, -0.1) is 0 Å². The molecule has 0 amide bonds. The van der Waals surface area contributed by atoms with Gasteiger partial charge in [0.25, 0.3) is 0 Å². The molecule has 1 aromatic carbocycles. The lowest BCUT2D eigenvalue weighted by molar-refractivity contribution is -0.138. The minimum Gasteiger partial charge on any atom is -0.481 e. The van der Waals surface area contributed by atoms with Crippen LogP contribution in [-0.2, 0) is 14.9 Å². The molecule has 1 heterocycles. The van der Waals surface area contributed by atoms with E-state index in [1.54, 1.807) is 0 Å². The van der Waals surface area contributed by atoms with E-state index in [9.17, 15) is 4.79 Å². The van der Waals surface area contributed by atoms with Gasteiger partial charge in [-0.3, -0.25) is 4.79 Å². The number of rotatable bonds is 4. The molecule has 1 N–H and O–H groups in total. The van der Waals surface area contributed by atoms with E-state index in [1.165, 1.54) is 0 Å². The highest BCUT2D eigenvalue weighted by Crippen LogP contribution is 2.27. The molecule has 1 aliphatic rings. The Labute approximate surface area is 113 Å². The molecule has 0 saturated heterocycles. The molecule has 2 rings (SSSR count). The number of ether oxygens (including phenoxy) is 1. The van der Waals surface area contributed by atoms with Crippen LogP contribution >= 0.6 is 0 Å². The number of hydrogen-bond acceptors (Lipinski definition) is 3. The molecular weight excluding hydrogens is 242 g/mol. The summed E-state index contributed by atoms with van der Waals surface area (Å²) in [5, 5.41) is 8.93. The number of hydrogen-bond donors (Lipinski definition) is 1. The van der Waals surface area contributed by atoms with Crippen LogP contribution in [0.1, 0.15) is 38.3 Å². The Hall–Kier alpha value is -1.84. The molecule has 1 atom stereocenters. The number of carbonyl (C=O) groups is 1. The van der Waals surface area contributed by atoms with Gasteiger partial charge in [0.15, 0.2) is 0 Å². The van der Waals surface area contributed by atoms with Crippen molar-refractivity contribution in [2.45, 2.75) is 38.6 Å². The zero-order chi connectivity index (χ0) is 14.0. The van der Waals surface area contributed by atoms with E-state index in [1.807, 2.05) is 45.0 Å². The lowest BCUT2D eigenvalue weighted by atomic mass is 9.81. The number of carboxylic acids is 1. The molecule has 19 heavy (non-hydrogen) atoms. The Balaban J connectivity index is 2.19. The van der Waals surface area contributed by atoms with Gasteiger partial charge in [0.2, 0.25) is 5.90 Å². The first-order valence-corrected chi connectivity index (χ1v) is 6.42. The molecule has 1 aliphatic heterocycles. The van der Waals surface area contributed by atoms with Crippen LogP contribution in [0, 0.1) is 0 Å².